The minimum Gasteiger partial charge on any atom is -0.496 e. The van der Waals surface area contributed by atoms with Crippen molar-refractivity contribution in [1.29, 1.82) is 0 Å². The van der Waals surface area contributed by atoms with Crippen LogP contribution in [0.15, 0.2) is 12.1 Å². The number of nitrogens with two attached hydrogens (primary N) is 1. The summed E-state index contributed by atoms with van der Waals surface area (Å²) >= 11 is 6.12. The quantitative estimate of drug-likeness (QED) is 0.908. The summed E-state index contributed by atoms with van der Waals surface area (Å²) in [6.45, 7) is 4.01. The summed E-state index contributed by atoms with van der Waals surface area (Å²) in [7, 11) is 3.52. The predicted octanol–water partition coefficient (Wildman–Crippen LogP) is 2.95. The molecule has 0 fully saturated rings. The molecule has 0 saturated heterocycles. The van der Waals surface area contributed by atoms with Crippen molar-refractivity contribution in [2.45, 2.75) is 13.8 Å². The number of benzene rings is 1. The number of methoxy groups -OCH3 is 1. The lowest BCUT2D eigenvalue weighted by molar-refractivity contribution is 0.408. The average molecular weight is 266 g/mol. The van der Waals surface area contributed by atoms with Crippen LogP contribution >= 0.6 is 11.6 Å². The molecule has 2 N–H and O–H groups in total. The van der Waals surface area contributed by atoms with E-state index in [9.17, 15) is 0 Å². The van der Waals surface area contributed by atoms with E-state index in [0.717, 1.165) is 28.1 Å². The van der Waals surface area contributed by atoms with Crippen molar-refractivity contribution in [1.82, 2.24) is 9.55 Å². The molecule has 0 saturated carbocycles. The Morgan fingerprint density at radius 3 is 2.22 bits per heavy atom. The summed E-state index contributed by atoms with van der Waals surface area (Å²) in [5.41, 5.74) is 9.68. The number of aryl methyl sites for hydroxylation is 2. The van der Waals surface area contributed by atoms with Gasteiger partial charge in [-0.15, -0.1) is 0 Å². The third-order valence-electron chi connectivity index (χ3n) is 3.03. The van der Waals surface area contributed by atoms with Gasteiger partial charge >= 0.3 is 0 Å². The minimum atomic E-state index is 0.404. The molecule has 1 aromatic carbocycles. The first kappa shape index (κ1) is 12.8. The van der Waals surface area contributed by atoms with Gasteiger partial charge in [0.25, 0.3) is 0 Å². The maximum Gasteiger partial charge on any atom is 0.201 e. The fourth-order valence-electron chi connectivity index (χ4n) is 2.20. The van der Waals surface area contributed by atoms with Gasteiger partial charge in [-0.05, 0) is 37.1 Å². The largest absolute Gasteiger partial charge is 0.496 e. The van der Waals surface area contributed by atoms with Crippen molar-refractivity contribution < 1.29 is 4.74 Å². The summed E-state index contributed by atoms with van der Waals surface area (Å²) in [6, 6.07) is 4.04. The molecule has 2 aromatic rings. The number of aromatic nitrogens is 2. The standard InChI is InChI=1S/C13H16ClN3O/c1-7-5-9(6-8(2)11(7)18-4)10-12(14)16-13(15)17(10)3/h5-6H,1-4H3,(H2,15,16). The number of nitrogens with zero attached hydrogens (tertiary/aromatic N) is 2. The van der Waals surface area contributed by atoms with Gasteiger partial charge in [-0.3, -0.25) is 0 Å². The molecule has 5 heteroatoms. The van der Waals surface area contributed by atoms with Crippen molar-refractivity contribution in [3.8, 4) is 17.0 Å². The highest BCUT2D eigenvalue weighted by Crippen LogP contribution is 2.34. The van der Waals surface area contributed by atoms with Crippen LogP contribution in [0.4, 0.5) is 5.95 Å². The fraction of sp³-hybridized carbons (Fsp3) is 0.308. The Bertz CT molecular complexity index is 582. The van der Waals surface area contributed by atoms with Gasteiger partial charge in [0.05, 0.1) is 12.8 Å². The number of hydrogen-bond acceptors (Lipinski definition) is 3. The second-order valence-electron chi connectivity index (χ2n) is 4.31. The lowest BCUT2D eigenvalue weighted by atomic mass is 10.0. The molecule has 0 aliphatic rings. The zero-order chi connectivity index (χ0) is 13.4. The van der Waals surface area contributed by atoms with Crippen LogP contribution < -0.4 is 10.5 Å². The highest BCUT2D eigenvalue weighted by Gasteiger charge is 2.15. The second-order valence-corrected chi connectivity index (χ2v) is 4.67. The van der Waals surface area contributed by atoms with Crippen LogP contribution in [0.2, 0.25) is 5.15 Å². The van der Waals surface area contributed by atoms with Gasteiger partial charge in [-0.25, -0.2) is 4.98 Å². The van der Waals surface area contributed by atoms with Crippen molar-refractivity contribution >= 4 is 17.5 Å². The summed E-state index contributed by atoms with van der Waals surface area (Å²) < 4.78 is 7.13. The second kappa shape index (κ2) is 4.53. The molecule has 0 amide bonds. The first-order valence-corrected chi connectivity index (χ1v) is 5.96. The topological polar surface area (TPSA) is 53.1 Å². The van der Waals surface area contributed by atoms with Crippen LogP contribution in [0, 0.1) is 13.8 Å². The van der Waals surface area contributed by atoms with Gasteiger partial charge in [0.1, 0.15) is 5.75 Å². The van der Waals surface area contributed by atoms with E-state index in [-0.39, 0.29) is 0 Å². The normalized spacial score (nSPS) is 10.7. The van der Waals surface area contributed by atoms with E-state index in [0.29, 0.717) is 11.1 Å². The molecule has 0 spiro atoms. The van der Waals surface area contributed by atoms with Gasteiger partial charge in [0.2, 0.25) is 5.95 Å². The maximum absolute atomic E-state index is 6.12. The lowest BCUT2D eigenvalue weighted by Crippen LogP contribution is -1.99. The van der Waals surface area contributed by atoms with Crippen LogP contribution in [0.1, 0.15) is 11.1 Å². The molecular weight excluding hydrogens is 250 g/mol. The average Bonchev–Trinajstić information content (AvgIpc) is 2.52. The number of anilines is 1. The number of ether oxygens (including phenoxy) is 1. The Labute approximate surface area is 111 Å². The molecule has 0 aliphatic carbocycles. The number of nitrogen functional groups attached to an aromatic ring is 1. The van der Waals surface area contributed by atoms with Crippen LogP contribution in [-0.2, 0) is 7.05 Å². The number of hydrogen-bond donors (Lipinski definition) is 1. The number of imidazole rings is 1. The van der Waals surface area contributed by atoms with E-state index >= 15 is 0 Å². The molecule has 4 nitrogen and oxygen atoms in total. The molecular formula is C13H16ClN3O. The molecule has 0 atom stereocenters. The smallest absolute Gasteiger partial charge is 0.201 e. The molecule has 0 radical (unpaired) electrons. The van der Waals surface area contributed by atoms with Gasteiger partial charge in [0.15, 0.2) is 5.15 Å². The monoisotopic (exact) mass is 265 g/mol. The van der Waals surface area contributed by atoms with Crippen LogP contribution in [-0.4, -0.2) is 16.7 Å². The molecule has 96 valence electrons. The summed E-state index contributed by atoms with van der Waals surface area (Å²) in [6.07, 6.45) is 0. The Balaban J connectivity index is 2.65. The van der Waals surface area contributed by atoms with Crippen LogP contribution in [0.3, 0.4) is 0 Å². The summed E-state index contributed by atoms with van der Waals surface area (Å²) in [5.74, 6) is 1.30. The third-order valence-corrected chi connectivity index (χ3v) is 3.29. The Hall–Kier alpha value is -1.68. The van der Waals surface area contributed by atoms with Gasteiger partial charge in [-0.2, -0.15) is 0 Å². The van der Waals surface area contributed by atoms with Crippen molar-refractivity contribution in [2.24, 2.45) is 7.05 Å². The van der Waals surface area contributed by atoms with Gasteiger partial charge in [-0.1, -0.05) is 11.6 Å². The Morgan fingerprint density at radius 2 is 1.83 bits per heavy atom. The zero-order valence-corrected chi connectivity index (χ0v) is 11.7. The molecule has 0 bridgehead atoms. The lowest BCUT2D eigenvalue weighted by Gasteiger charge is -2.12. The minimum absolute atomic E-state index is 0.404. The fourth-order valence-corrected chi connectivity index (χ4v) is 2.53. The van der Waals surface area contributed by atoms with E-state index in [1.54, 1.807) is 11.7 Å². The maximum atomic E-state index is 6.12. The number of halogens is 1. The van der Waals surface area contributed by atoms with E-state index < -0.39 is 0 Å². The summed E-state index contributed by atoms with van der Waals surface area (Å²) in [4.78, 5) is 4.06. The van der Waals surface area contributed by atoms with Crippen LogP contribution in [0.5, 0.6) is 5.75 Å². The molecule has 2 rings (SSSR count). The van der Waals surface area contributed by atoms with E-state index in [1.807, 2.05) is 33.0 Å². The molecule has 0 unspecified atom stereocenters. The Kier molecular flexibility index (Phi) is 3.22. The highest BCUT2D eigenvalue weighted by atomic mass is 35.5. The first-order valence-electron chi connectivity index (χ1n) is 5.59. The van der Waals surface area contributed by atoms with E-state index in [4.69, 9.17) is 22.1 Å². The van der Waals surface area contributed by atoms with Gasteiger partial charge < -0.3 is 15.0 Å². The Morgan fingerprint density at radius 1 is 1.28 bits per heavy atom. The predicted molar refractivity (Wildman–Crippen MR) is 74.1 cm³/mol. The molecule has 1 aromatic heterocycles. The van der Waals surface area contributed by atoms with E-state index in [2.05, 4.69) is 4.98 Å². The number of rotatable bonds is 2. The zero-order valence-electron chi connectivity index (χ0n) is 10.9. The van der Waals surface area contributed by atoms with Gasteiger partial charge in [0, 0.05) is 12.6 Å². The van der Waals surface area contributed by atoms with Crippen molar-refractivity contribution in [3.05, 3.63) is 28.4 Å². The molecule has 0 aliphatic heterocycles. The third kappa shape index (κ3) is 1.93. The van der Waals surface area contributed by atoms with E-state index in [1.165, 1.54) is 0 Å². The van der Waals surface area contributed by atoms with Crippen molar-refractivity contribution in [3.63, 3.8) is 0 Å². The molecule has 18 heavy (non-hydrogen) atoms. The summed E-state index contributed by atoms with van der Waals surface area (Å²) in [5, 5.41) is 0.416. The molecule has 1 heterocycles. The highest BCUT2D eigenvalue weighted by molar-refractivity contribution is 6.32. The SMILES string of the molecule is COc1c(C)cc(-c2c(Cl)nc(N)n2C)cc1C. The van der Waals surface area contributed by atoms with Crippen molar-refractivity contribution in [2.75, 3.05) is 12.8 Å². The van der Waals surface area contributed by atoms with Crippen LogP contribution in [0.25, 0.3) is 11.3 Å². The first-order chi connectivity index (χ1) is 8.45.